The van der Waals surface area contributed by atoms with E-state index in [0.29, 0.717) is 0 Å². The molecule has 1 aromatic carbocycles. The Bertz CT molecular complexity index is 472. The summed E-state index contributed by atoms with van der Waals surface area (Å²) in [4.78, 5) is 0. The van der Waals surface area contributed by atoms with Gasteiger partial charge in [-0.25, -0.2) is 0 Å². The van der Waals surface area contributed by atoms with Crippen LogP contribution < -0.4 is 5.73 Å². The molecule has 0 radical (unpaired) electrons. The minimum atomic E-state index is 0. The van der Waals surface area contributed by atoms with Gasteiger partial charge in [-0.15, -0.1) is 12.4 Å². The Morgan fingerprint density at radius 1 is 0.679 bits per heavy atom. The van der Waals surface area contributed by atoms with E-state index in [-0.39, 0.29) is 18.4 Å². The summed E-state index contributed by atoms with van der Waals surface area (Å²) in [5.41, 5.74) is 10.9. The fourth-order valence-corrected chi connectivity index (χ4v) is 4.30. The Morgan fingerprint density at radius 2 is 1.18 bits per heavy atom. The highest BCUT2D eigenvalue weighted by atomic mass is 35.5. The molecule has 1 rings (SSSR count). The standard InChI is InChI=1S/C26H47N.ClH/c1-4-7-8-9-10-11-12-13-14-15-16-17-18-22-26(27)25-21-19-20-23(5-2)24(25)6-3;/h19-21,26H,4-18,22,27H2,1-3H3;1H. The molecule has 0 aliphatic heterocycles. The van der Waals surface area contributed by atoms with E-state index in [1.165, 1.54) is 100 Å². The van der Waals surface area contributed by atoms with Crippen molar-refractivity contribution in [3.05, 3.63) is 34.9 Å². The zero-order valence-corrected chi connectivity index (χ0v) is 19.9. The highest BCUT2D eigenvalue weighted by molar-refractivity contribution is 5.85. The molecule has 0 aliphatic carbocycles. The Hall–Kier alpha value is -0.530. The van der Waals surface area contributed by atoms with Gasteiger partial charge in [0.15, 0.2) is 0 Å². The average Bonchev–Trinajstić information content (AvgIpc) is 2.70. The first-order valence-electron chi connectivity index (χ1n) is 12.1. The van der Waals surface area contributed by atoms with Crippen LogP contribution in [-0.4, -0.2) is 0 Å². The van der Waals surface area contributed by atoms with Gasteiger partial charge in [-0.2, -0.15) is 0 Å². The third kappa shape index (κ3) is 11.5. The van der Waals surface area contributed by atoms with Crippen molar-refractivity contribution in [3.63, 3.8) is 0 Å². The van der Waals surface area contributed by atoms with Crippen LogP contribution in [-0.2, 0) is 12.8 Å². The number of nitrogens with two attached hydrogens (primary N) is 1. The number of aryl methyl sites for hydroxylation is 1. The SMILES string of the molecule is CCCCCCCCCCCCCCCC(N)c1cccc(CC)c1CC.Cl. The molecule has 0 saturated carbocycles. The van der Waals surface area contributed by atoms with E-state index in [4.69, 9.17) is 5.73 Å². The molecule has 1 aromatic rings. The molecule has 1 unspecified atom stereocenters. The third-order valence-electron chi connectivity index (χ3n) is 6.06. The lowest BCUT2D eigenvalue weighted by molar-refractivity contribution is 0.521. The van der Waals surface area contributed by atoms with E-state index in [9.17, 15) is 0 Å². The van der Waals surface area contributed by atoms with E-state index in [1.54, 1.807) is 0 Å². The minimum Gasteiger partial charge on any atom is -0.324 e. The van der Waals surface area contributed by atoms with Gasteiger partial charge in [0.1, 0.15) is 0 Å². The lowest BCUT2D eigenvalue weighted by Crippen LogP contribution is -2.13. The molecule has 1 atom stereocenters. The van der Waals surface area contributed by atoms with Crippen molar-refractivity contribution in [1.29, 1.82) is 0 Å². The van der Waals surface area contributed by atoms with Gasteiger partial charge in [0.25, 0.3) is 0 Å². The molecule has 0 aromatic heterocycles. The topological polar surface area (TPSA) is 26.0 Å². The maximum Gasteiger partial charge on any atom is 0.0297 e. The minimum absolute atomic E-state index is 0. The molecular formula is C26H48ClN. The molecule has 2 heteroatoms. The van der Waals surface area contributed by atoms with Crippen LogP contribution in [0.5, 0.6) is 0 Å². The number of hydrogen-bond acceptors (Lipinski definition) is 1. The summed E-state index contributed by atoms with van der Waals surface area (Å²) in [6.45, 7) is 6.80. The zero-order valence-electron chi connectivity index (χ0n) is 19.1. The monoisotopic (exact) mass is 409 g/mol. The Labute approximate surface area is 182 Å². The van der Waals surface area contributed by atoms with Crippen LogP contribution in [0, 0.1) is 0 Å². The second kappa shape index (κ2) is 18.5. The van der Waals surface area contributed by atoms with Crippen molar-refractivity contribution >= 4 is 12.4 Å². The number of rotatable bonds is 17. The fraction of sp³-hybridized carbons (Fsp3) is 0.769. The highest BCUT2D eigenvalue weighted by Crippen LogP contribution is 2.25. The van der Waals surface area contributed by atoms with Gasteiger partial charge in [0.2, 0.25) is 0 Å². The van der Waals surface area contributed by atoms with Crippen LogP contribution in [0.25, 0.3) is 0 Å². The van der Waals surface area contributed by atoms with Gasteiger partial charge < -0.3 is 5.73 Å². The largest absolute Gasteiger partial charge is 0.324 e. The maximum atomic E-state index is 6.53. The van der Waals surface area contributed by atoms with Crippen molar-refractivity contribution in [2.45, 2.75) is 130 Å². The lowest BCUT2D eigenvalue weighted by Gasteiger charge is -2.18. The molecule has 2 N–H and O–H groups in total. The van der Waals surface area contributed by atoms with E-state index in [0.717, 1.165) is 19.3 Å². The molecule has 0 aliphatic rings. The quantitative estimate of drug-likeness (QED) is 0.255. The van der Waals surface area contributed by atoms with E-state index in [1.807, 2.05) is 0 Å². The normalized spacial score (nSPS) is 12.0. The predicted molar refractivity (Wildman–Crippen MR) is 130 cm³/mol. The summed E-state index contributed by atoms with van der Waals surface area (Å²) < 4.78 is 0. The molecular weight excluding hydrogens is 362 g/mol. The Kier molecular flexibility index (Phi) is 18.1. The second-order valence-electron chi connectivity index (χ2n) is 8.33. The Morgan fingerprint density at radius 3 is 1.64 bits per heavy atom. The van der Waals surface area contributed by atoms with Crippen molar-refractivity contribution < 1.29 is 0 Å². The van der Waals surface area contributed by atoms with E-state index < -0.39 is 0 Å². The molecule has 0 spiro atoms. The van der Waals surface area contributed by atoms with Gasteiger partial charge in [-0.05, 0) is 36.0 Å². The van der Waals surface area contributed by atoms with Gasteiger partial charge in [-0.1, -0.05) is 122 Å². The average molecular weight is 410 g/mol. The first kappa shape index (κ1) is 27.5. The van der Waals surface area contributed by atoms with E-state index in [2.05, 4.69) is 39.0 Å². The predicted octanol–water partition coefficient (Wildman–Crippen LogP) is 8.71. The molecule has 0 heterocycles. The van der Waals surface area contributed by atoms with Gasteiger partial charge in [0.05, 0.1) is 0 Å². The summed E-state index contributed by atoms with van der Waals surface area (Å²) in [6, 6.07) is 6.93. The summed E-state index contributed by atoms with van der Waals surface area (Å²) in [7, 11) is 0. The van der Waals surface area contributed by atoms with Gasteiger partial charge >= 0.3 is 0 Å². The number of hydrogen-bond donors (Lipinski definition) is 1. The summed E-state index contributed by atoms with van der Waals surface area (Å²) in [5.74, 6) is 0. The fourth-order valence-electron chi connectivity index (χ4n) is 4.30. The van der Waals surface area contributed by atoms with Crippen LogP contribution >= 0.6 is 12.4 Å². The third-order valence-corrected chi connectivity index (χ3v) is 6.06. The summed E-state index contributed by atoms with van der Waals surface area (Å²) in [6.07, 6.45) is 21.7. The highest BCUT2D eigenvalue weighted by Gasteiger charge is 2.12. The van der Waals surface area contributed by atoms with Crippen LogP contribution in [0.15, 0.2) is 18.2 Å². The number of halogens is 1. The molecule has 164 valence electrons. The van der Waals surface area contributed by atoms with Gasteiger partial charge in [0, 0.05) is 6.04 Å². The van der Waals surface area contributed by atoms with Crippen molar-refractivity contribution in [2.75, 3.05) is 0 Å². The first-order chi connectivity index (χ1) is 13.2. The molecule has 0 amide bonds. The van der Waals surface area contributed by atoms with Crippen LogP contribution in [0.1, 0.15) is 133 Å². The molecule has 28 heavy (non-hydrogen) atoms. The summed E-state index contributed by atoms with van der Waals surface area (Å²) >= 11 is 0. The molecule has 0 fully saturated rings. The number of benzene rings is 1. The first-order valence-corrected chi connectivity index (χ1v) is 12.1. The number of unbranched alkanes of at least 4 members (excludes halogenated alkanes) is 12. The zero-order chi connectivity index (χ0) is 19.7. The lowest BCUT2D eigenvalue weighted by atomic mass is 9.91. The van der Waals surface area contributed by atoms with Crippen molar-refractivity contribution in [2.24, 2.45) is 5.73 Å². The van der Waals surface area contributed by atoms with Crippen LogP contribution in [0.4, 0.5) is 0 Å². The van der Waals surface area contributed by atoms with Crippen LogP contribution in [0.2, 0.25) is 0 Å². The van der Waals surface area contributed by atoms with Crippen LogP contribution in [0.3, 0.4) is 0 Å². The Balaban J connectivity index is 0.00000729. The smallest absolute Gasteiger partial charge is 0.0297 e. The van der Waals surface area contributed by atoms with Gasteiger partial charge in [-0.3, -0.25) is 0 Å². The van der Waals surface area contributed by atoms with Crippen molar-refractivity contribution in [1.82, 2.24) is 0 Å². The van der Waals surface area contributed by atoms with E-state index >= 15 is 0 Å². The molecule has 0 bridgehead atoms. The second-order valence-corrected chi connectivity index (χ2v) is 8.33. The van der Waals surface area contributed by atoms with Crippen molar-refractivity contribution in [3.8, 4) is 0 Å². The summed E-state index contributed by atoms with van der Waals surface area (Å²) in [5, 5.41) is 0. The molecule has 1 nitrogen and oxygen atoms in total. The maximum absolute atomic E-state index is 6.53. The molecule has 0 saturated heterocycles.